The quantitative estimate of drug-likeness (QED) is 0.261. The number of β-lactam (4-membered cyclic amide) rings is 1. The third-order valence-corrected chi connectivity index (χ3v) is 10.9. The SMILES string of the molecule is COC(=O)/C(Cl)=C(\Cl)C[C@@H]1[C@H]([C@@H](C)O[Si](C)(C)C(C)(C)C)C(=O)N1CC(=O)O. The fraction of sp³-hybridized carbons (Fsp3) is 0.722. The van der Waals surface area contributed by atoms with Crippen molar-refractivity contribution in [3.05, 3.63) is 10.1 Å². The summed E-state index contributed by atoms with van der Waals surface area (Å²) in [5.74, 6) is -2.79. The van der Waals surface area contributed by atoms with Gasteiger partial charge < -0.3 is 19.2 Å². The lowest BCUT2D eigenvalue weighted by Crippen LogP contribution is -2.66. The van der Waals surface area contributed by atoms with Gasteiger partial charge in [0, 0.05) is 11.5 Å². The molecule has 28 heavy (non-hydrogen) atoms. The number of aliphatic carboxylic acids is 1. The molecule has 1 aliphatic heterocycles. The highest BCUT2D eigenvalue weighted by molar-refractivity contribution is 6.74. The van der Waals surface area contributed by atoms with Gasteiger partial charge in [-0.2, -0.15) is 0 Å². The first-order chi connectivity index (χ1) is 12.6. The van der Waals surface area contributed by atoms with Crippen LogP contribution < -0.4 is 0 Å². The first-order valence-corrected chi connectivity index (χ1v) is 12.6. The van der Waals surface area contributed by atoms with Crippen molar-refractivity contribution in [2.45, 2.75) is 64.4 Å². The molecule has 0 aromatic heterocycles. The molecule has 1 aliphatic rings. The highest BCUT2D eigenvalue weighted by Crippen LogP contribution is 2.42. The number of amides is 1. The fourth-order valence-electron chi connectivity index (χ4n) is 2.91. The van der Waals surface area contributed by atoms with E-state index in [1.165, 1.54) is 12.0 Å². The summed E-state index contributed by atoms with van der Waals surface area (Å²) in [6, 6.07) is -0.533. The van der Waals surface area contributed by atoms with Crippen LogP contribution in [0, 0.1) is 5.92 Å². The van der Waals surface area contributed by atoms with Crippen LogP contribution >= 0.6 is 23.2 Å². The number of rotatable bonds is 8. The van der Waals surface area contributed by atoms with Gasteiger partial charge in [0.1, 0.15) is 11.6 Å². The molecular formula is C18H29Cl2NO6Si. The van der Waals surface area contributed by atoms with E-state index in [2.05, 4.69) is 38.6 Å². The summed E-state index contributed by atoms with van der Waals surface area (Å²) in [4.78, 5) is 36.6. The minimum absolute atomic E-state index is 0.0194. The zero-order valence-electron chi connectivity index (χ0n) is 17.3. The van der Waals surface area contributed by atoms with Crippen LogP contribution in [-0.4, -0.2) is 62.0 Å². The lowest BCUT2D eigenvalue weighted by Gasteiger charge is -2.51. The molecule has 0 spiro atoms. The van der Waals surface area contributed by atoms with Crippen LogP contribution in [0.15, 0.2) is 10.1 Å². The molecule has 1 heterocycles. The highest BCUT2D eigenvalue weighted by atomic mass is 35.5. The van der Waals surface area contributed by atoms with Gasteiger partial charge in [0.05, 0.1) is 25.2 Å². The number of nitrogens with zero attached hydrogens (tertiary/aromatic N) is 1. The third kappa shape index (κ3) is 5.49. The maximum absolute atomic E-state index is 12.6. The number of likely N-dealkylation sites (tertiary alicyclic amines) is 1. The molecule has 0 bridgehead atoms. The van der Waals surface area contributed by atoms with Crippen LogP contribution in [0.4, 0.5) is 0 Å². The number of carboxylic acid groups (broad SMARTS) is 1. The van der Waals surface area contributed by atoms with Crippen LogP contribution in [0.25, 0.3) is 0 Å². The summed E-state index contributed by atoms with van der Waals surface area (Å²) in [7, 11) is -0.967. The van der Waals surface area contributed by atoms with Gasteiger partial charge in [-0.1, -0.05) is 44.0 Å². The molecule has 1 rings (SSSR count). The van der Waals surface area contributed by atoms with Gasteiger partial charge in [0.15, 0.2) is 8.32 Å². The number of carbonyl (C=O) groups is 3. The molecule has 160 valence electrons. The van der Waals surface area contributed by atoms with Crippen molar-refractivity contribution in [3.8, 4) is 0 Å². The van der Waals surface area contributed by atoms with Crippen LogP contribution in [0.2, 0.25) is 18.1 Å². The molecular weight excluding hydrogens is 425 g/mol. The summed E-state index contributed by atoms with van der Waals surface area (Å²) in [6.45, 7) is 11.8. The number of esters is 1. The third-order valence-electron chi connectivity index (χ3n) is 5.47. The van der Waals surface area contributed by atoms with Gasteiger partial charge in [0.2, 0.25) is 5.91 Å². The van der Waals surface area contributed by atoms with Crippen molar-refractivity contribution in [1.29, 1.82) is 0 Å². The molecule has 0 radical (unpaired) electrons. The largest absolute Gasteiger partial charge is 0.480 e. The summed E-state index contributed by atoms with van der Waals surface area (Å²) in [5.41, 5.74) is 0. The Hall–Kier alpha value is -1.09. The van der Waals surface area contributed by atoms with E-state index >= 15 is 0 Å². The molecule has 0 aromatic rings. The lowest BCUT2D eigenvalue weighted by molar-refractivity contribution is -0.168. The Morgan fingerprint density at radius 2 is 1.82 bits per heavy atom. The number of methoxy groups -OCH3 is 1. The Morgan fingerprint density at radius 1 is 1.29 bits per heavy atom. The van der Waals surface area contributed by atoms with Gasteiger partial charge >= 0.3 is 11.9 Å². The smallest absolute Gasteiger partial charge is 0.350 e. The number of carbonyl (C=O) groups excluding carboxylic acids is 2. The number of ether oxygens (including phenoxy) is 1. The monoisotopic (exact) mass is 453 g/mol. The number of halogens is 2. The zero-order valence-corrected chi connectivity index (χ0v) is 19.8. The van der Waals surface area contributed by atoms with E-state index in [-0.39, 0.29) is 27.4 Å². The molecule has 1 saturated heterocycles. The average Bonchev–Trinajstić information content (AvgIpc) is 2.55. The van der Waals surface area contributed by atoms with Crippen molar-refractivity contribution < 1.29 is 28.7 Å². The van der Waals surface area contributed by atoms with Gasteiger partial charge in [-0.05, 0) is 25.1 Å². The minimum Gasteiger partial charge on any atom is -0.480 e. The van der Waals surface area contributed by atoms with Crippen molar-refractivity contribution in [2.24, 2.45) is 5.92 Å². The summed E-state index contributed by atoms with van der Waals surface area (Å²) >= 11 is 12.1. The summed E-state index contributed by atoms with van der Waals surface area (Å²) in [5, 5.41) is 8.80. The van der Waals surface area contributed by atoms with Crippen LogP contribution in [0.3, 0.4) is 0 Å². The van der Waals surface area contributed by atoms with Gasteiger partial charge in [0.25, 0.3) is 0 Å². The van der Waals surface area contributed by atoms with Gasteiger partial charge in [-0.15, -0.1) is 0 Å². The predicted molar refractivity (Wildman–Crippen MR) is 110 cm³/mol. The van der Waals surface area contributed by atoms with Crippen LogP contribution in [-0.2, 0) is 23.5 Å². The molecule has 0 unspecified atom stereocenters. The van der Waals surface area contributed by atoms with E-state index in [9.17, 15) is 14.4 Å². The second-order valence-corrected chi connectivity index (χ2v) is 14.0. The van der Waals surface area contributed by atoms with Crippen molar-refractivity contribution >= 4 is 49.4 Å². The normalized spacial score (nSPS) is 22.3. The topological polar surface area (TPSA) is 93.1 Å². The van der Waals surface area contributed by atoms with E-state index < -0.39 is 44.9 Å². The van der Waals surface area contributed by atoms with E-state index in [0.717, 1.165) is 0 Å². The molecule has 0 saturated carbocycles. The molecule has 3 atom stereocenters. The first kappa shape index (κ1) is 24.9. The Bertz CT molecular complexity index is 673. The summed E-state index contributed by atoms with van der Waals surface area (Å²) in [6.07, 6.45) is -0.380. The average molecular weight is 454 g/mol. The molecule has 7 nitrogen and oxygen atoms in total. The second kappa shape index (κ2) is 9.15. The van der Waals surface area contributed by atoms with Crippen molar-refractivity contribution in [3.63, 3.8) is 0 Å². The van der Waals surface area contributed by atoms with E-state index in [4.69, 9.17) is 32.7 Å². The molecule has 0 aliphatic carbocycles. The standard InChI is InChI=1S/C18H29Cl2NO6Si/c1-10(27-28(6,7)18(2,3)4)14-12(21(16(14)24)9-13(22)23)8-11(19)15(20)17(25)26-5/h10,12,14H,8-9H2,1-7H3,(H,22,23)/b15-11+/t10-,12-,14+/m1/s1. The maximum Gasteiger partial charge on any atom is 0.350 e. The van der Waals surface area contributed by atoms with Crippen LogP contribution in [0.1, 0.15) is 34.1 Å². The fourth-order valence-corrected chi connectivity index (χ4v) is 4.73. The van der Waals surface area contributed by atoms with Crippen LogP contribution in [0.5, 0.6) is 0 Å². The Morgan fingerprint density at radius 3 is 2.25 bits per heavy atom. The Kier molecular flexibility index (Phi) is 8.15. The molecule has 1 N–H and O–H groups in total. The summed E-state index contributed by atoms with van der Waals surface area (Å²) < 4.78 is 10.9. The van der Waals surface area contributed by atoms with Crippen molar-refractivity contribution in [1.82, 2.24) is 4.90 Å². The predicted octanol–water partition coefficient (Wildman–Crippen LogP) is 3.56. The Labute approximate surface area is 177 Å². The lowest BCUT2D eigenvalue weighted by atomic mass is 9.81. The maximum atomic E-state index is 12.6. The van der Waals surface area contributed by atoms with Crippen molar-refractivity contribution in [2.75, 3.05) is 13.7 Å². The molecule has 0 aromatic carbocycles. The number of hydrogen-bond donors (Lipinski definition) is 1. The van der Waals surface area contributed by atoms with E-state index in [1.54, 1.807) is 0 Å². The minimum atomic E-state index is -2.14. The van der Waals surface area contributed by atoms with E-state index in [0.29, 0.717) is 0 Å². The zero-order chi connectivity index (χ0) is 22.0. The number of hydrogen-bond acceptors (Lipinski definition) is 5. The number of carboxylic acids is 1. The van der Waals surface area contributed by atoms with Gasteiger partial charge in [-0.25, -0.2) is 4.79 Å². The molecule has 1 fully saturated rings. The molecule has 10 heteroatoms. The first-order valence-electron chi connectivity index (χ1n) is 8.96. The Balaban J connectivity index is 3.10. The highest BCUT2D eigenvalue weighted by Gasteiger charge is 2.53. The van der Waals surface area contributed by atoms with Gasteiger partial charge in [-0.3, -0.25) is 9.59 Å². The van der Waals surface area contributed by atoms with E-state index in [1.807, 2.05) is 6.92 Å². The molecule has 1 amide bonds. The second-order valence-electron chi connectivity index (χ2n) is 8.45.